The predicted molar refractivity (Wildman–Crippen MR) is 81.6 cm³/mol. The summed E-state index contributed by atoms with van der Waals surface area (Å²) in [5.41, 5.74) is 1.07. The minimum atomic E-state index is -0.0923. The van der Waals surface area contributed by atoms with E-state index in [1.54, 1.807) is 0 Å². The fourth-order valence-corrected chi connectivity index (χ4v) is 2.40. The highest BCUT2D eigenvalue weighted by atomic mass is 16.2. The Morgan fingerprint density at radius 2 is 1.71 bits per heavy atom. The summed E-state index contributed by atoms with van der Waals surface area (Å²) in [7, 11) is 0. The Hall–Kier alpha value is -1.88. The van der Waals surface area contributed by atoms with Gasteiger partial charge in [0.05, 0.1) is 13.1 Å². The number of likely N-dealkylation sites (tertiary alicyclic amines) is 1. The molecule has 5 nitrogen and oxygen atoms in total. The third kappa shape index (κ3) is 5.55. The normalized spacial score (nSPS) is 14.8. The largest absolute Gasteiger partial charge is 0.351 e. The van der Waals surface area contributed by atoms with E-state index in [1.165, 1.54) is 6.42 Å². The maximum Gasteiger partial charge on any atom is 0.236 e. The molecule has 1 aromatic carbocycles. The van der Waals surface area contributed by atoms with Gasteiger partial charge in [0, 0.05) is 19.6 Å². The van der Waals surface area contributed by atoms with Crippen molar-refractivity contribution in [2.75, 3.05) is 26.2 Å². The van der Waals surface area contributed by atoms with Crippen molar-refractivity contribution in [3.05, 3.63) is 35.9 Å². The second-order valence-electron chi connectivity index (χ2n) is 5.31. The van der Waals surface area contributed by atoms with E-state index in [9.17, 15) is 9.59 Å². The maximum absolute atomic E-state index is 11.9. The number of hydrogen-bond donors (Lipinski definition) is 2. The van der Waals surface area contributed by atoms with E-state index in [4.69, 9.17) is 0 Å². The molecule has 0 bridgehead atoms. The SMILES string of the molecule is O=C(CNCC(=O)N1CCCCC1)NCc1ccccc1. The molecule has 1 saturated heterocycles. The summed E-state index contributed by atoms with van der Waals surface area (Å²) in [5, 5.41) is 5.74. The maximum atomic E-state index is 11.9. The van der Waals surface area contributed by atoms with Crippen LogP contribution in [-0.4, -0.2) is 42.9 Å². The highest BCUT2D eigenvalue weighted by molar-refractivity contribution is 5.81. The van der Waals surface area contributed by atoms with Crippen molar-refractivity contribution in [2.45, 2.75) is 25.8 Å². The van der Waals surface area contributed by atoms with Crippen molar-refractivity contribution in [1.82, 2.24) is 15.5 Å². The van der Waals surface area contributed by atoms with Gasteiger partial charge in [-0.05, 0) is 24.8 Å². The lowest BCUT2D eigenvalue weighted by Crippen LogP contribution is -2.43. The van der Waals surface area contributed by atoms with Gasteiger partial charge in [-0.15, -0.1) is 0 Å². The van der Waals surface area contributed by atoms with Crippen molar-refractivity contribution < 1.29 is 9.59 Å². The van der Waals surface area contributed by atoms with Crippen LogP contribution in [0.4, 0.5) is 0 Å². The number of hydrogen-bond acceptors (Lipinski definition) is 3. The topological polar surface area (TPSA) is 61.4 Å². The average molecular weight is 289 g/mol. The molecule has 0 unspecified atom stereocenters. The molecule has 0 spiro atoms. The number of nitrogens with zero attached hydrogens (tertiary/aromatic N) is 1. The van der Waals surface area contributed by atoms with Gasteiger partial charge in [-0.3, -0.25) is 14.9 Å². The Morgan fingerprint density at radius 1 is 1.00 bits per heavy atom. The molecule has 2 rings (SSSR count). The summed E-state index contributed by atoms with van der Waals surface area (Å²) in [6.07, 6.45) is 3.38. The van der Waals surface area contributed by atoms with Crippen molar-refractivity contribution in [1.29, 1.82) is 0 Å². The van der Waals surface area contributed by atoms with Crippen molar-refractivity contribution >= 4 is 11.8 Å². The van der Waals surface area contributed by atoms with Crippen LogP contribution in [0.15, 0.2) is 30.3 Å². The van der Waals surface area contributed by atoms with Gasteiger partial charge in [0.2, 0.25) is 11.8 Å². The monoisotopic (exact) mass is 289 g/mol. The zero-order valence-corrected chi connectivity index (χ0v) is 12.3. The van der Waals surface area contributed by atoms with Crippen LogP contribution in [-0.2, 0) is 16.1 Å². The average Bonchev–Trinajstić information content (AvgIpc) is 2.54. The first-order valence-corrected chi connectivity index (χ1v) is 7.55. The number of carbonyl (C=O) groups is 2. The Labute approximate surface area is 125 Å². The molecule has 1 aromatic rings. The number of rotatable bonds is 6. The molecular weight excluding hydrogens is 266 g/mol. The third-order valence-electron chi connectivity index (χ3n) is 3.60. The van der Waals surface area contributed by atoms with Crippen molar-refractivity contribution in [3.63, 3.8) is 0 Å². The van der Waals surface area contributed by atoms with E-state index < -0.39 is 0 Å². The Bertz CT molecular complexity index is 456. The van der Waals surface area contributed by atoms with Crippen LogP contribution in [0.2, 0.25) is 0 Å². The Morgan fingerprint density at radius 3 is 2.43 bits per heavy atom. The first-order chi connectivity index (χ1) is 10.3. The Balaban J connectivity index is 1.59. The van der Waals surface area contributed by atoms with Crippen LogP contribution >= 0.6 is 0 Å². The highest BCUT2D eigenvalue weighted by Gasteiger charge is 2.15. The van der Waals surface area contributed by atoms with E-state index in [0.717, 1.165) is 31.5 Å². The third-order valence-corrected chi connectivity index (χ3v) is 3.60. The van der Waals surface area contributed by atoms with E-state index >= 15 is 0 Å². The summed E-state index contributed by atoms with van der Waals surface area (Å²) in [6, 6.07) is 9.76. The molecule has 0 atom stereocenters. The molecule has 114 valence electrons. The van der Waals surface area contributed by atoms with Crippen LogP contribution in [0.5, 0.6) is 0 Å². The summed E-state index contributed by atoms with van der Waals surface area (Å²) in [4.78, 5) is 25.4. The van der Waals surface area contributed by atoms with Crippen molar-refractivity contribution in [3.8, 4) is 0 Å². The zero-order valence-electron chi connectivity index (χ0n) is 12.3. The number of carbonyl (C=O) groups excluding carboxylic acids is 2. The van der Waals surface area contributed by atoms with E-state index in [0.29, 0.717) is 6.54 Å². The van der Waals surface area contributed by atoms with Gasteiger partial charge < -0.3 is 10.2 Å². The molecule has 1 fully saturated rings. The minimum Gasteiger partial charge on any atom is -0.351 e. The molecule has 0 saturated carbocycles. The lowest BCUT2D eigenvalue weighted by Gasteiger charge is -2.26. The molecule has 21 heavy (non-hydrogen) atoms. The fraction of sp³-hybridized carbons (Fsp3) is 0.500. The Kier molecular flexibility index (Phi) is 6.22. The van der Waals surface area contributed by atoms with Gasteiger partial charge in [-0.1, -0.05) is 30.3 Å². The second kappa shape index (κ2) is 8.42. The van der Waals surface area contributed by atoms with E-state index in [2.05, 4.69) is 10.6 Å². The van der Waals surface area contributed by atoms with E-state index in [-0.39, 0.29) is 24.9 Å². The van der Waals surface area contributed by atoms with Gasteiger partial charge in [-0.2, -0.15) is 0 Å². The molecule has 0 radical (unpaired) electrons. The summed E-state index contributed by atoms with van der Waals surface area (Å²) >= 11 is 0. The second-order valence-corrected chi connectivity index (χ2v) is 5.31. The highest BCUT2D eigenvalue weighted by Crippen LogP contribution is 2.08. The molecule has 2 amide bonds. The first-order valence-electron chi connectivity index (χ1n) is 7.55. The van der Waals surface area contributed by atoms with E-state index in [1.807, 2.05) is 35.2 Å². The van der Waals surface area contributed by atoms with Gasteiger partial charge >= 0.3 is 0 Å². The molecule has 0 aliphatic carbocycles. The lowest BCUT2D eigenvalue weighted by molar-refractivity contribution is -0.131. The molecule has 0 aromatic heterocycles. The summed E-state index contributed by atoms with van der Waals surface area (Å²) < 4.78 is 0. The predicted octanol–water partition coefficient (Wildman–Crippen LogP) is 0.905. The zero-order chi connectivity index (χ0) is 14.9. The van der Waals surface area contributed by atoms with Crippen LogP contribution < -0.4 is 10.6 Å². The fourth-order valence-electron chi connectivity index (χ4n) is 2.40. The van der Waals surface area contributed by atoms with Crippen LogP contribution in [0.25, 0.3) is 0 Å². The van der Waals surface area contributed by atoms with Crippen LogP contribution in [0.1, 0.15) is 24.8 Å². The number of piperidine rings is 1. The van der Waals surface area contributed by atoms with Gasteiger partial charge in [0.1, 0.15) is 0 Å². The minimum absolute atomic E-state index is 0.0885. The van der Waals surface area contributed by atoms with Gasteiger partial charge in [0.15, 0.2) is 0 Å². The molecule has 1 heterocycles. The summed E-state index contributed by atoms with van der Waals surface area (Å²) in [6.45, 7) is 2.62. The molecule has 1 aliphatic rings. The smallest absolute Gasteiger partial charge is 0.236 e. The van der Waals surface area contributed by atoms with Crippen LogP contribution in [0.3, 0.4) is 0 Å². The number of benzene rings is 1. The number of amides is 2. The van der Waals surface area contributed by atoms with Gasteiger partial charge in [-0.25, -0.2) is 0 Å². The lowest BCUT2D eigenvalue weighted by atomic mass is 10.1. The molecule has 5 heteroatoms. The standard InChI is InChI=1S/C16H23N3O2/c20-15(18-11-14-7-3-1-4-8-14)12-17-13-16(21)19-9-5-2-6-10-19/h1,3-4,7-8,17H,2,5-6,9-13H2,(H,18,20). The van der Waals surface area contributed by atoms with Crippen molar-refractivity contribution in [2.24, 2.45) is 0 Å². The molecule has 1 aliphatic heterocycles. The quantitative estimate of drug-likeness (QED) is 0.818. The molecule has 2 N–H and O–H groups in total. The molecular formula is C16H23N3O2. The van der Waals surface area contributed by atoms with Gasteiger partial charge in [0.25, 0.3) is 0 Å². The summed E-state index contributed by atoms with van der Waals surface area (Å²) in [5.74, 6) is -0.00384. The number of nitrogens with one attached hydrogen (secondary N) is 2. The van der Waals surface area contributed by atoms with Crippen LogP contribution in [0, 0.1) is 0 Å². The first kappa shape index (κ1) is 15.5.